The van der Waals surface area contributed by atoms with Crippen LogP contribution >= 0.6 is 0 Å². The van der Waals surface area contributed by atoms with Crippen LogP contribution in [0, 0.1) is 0 Å². The Bertz CT molecular complexity index is 1050. The molecule has 0 saturated carbocycles. The summed E-state index contributed by atoms with van der Waals surface area (Å²) < 4.78 is 5.80. The van der Waals surface area contributed by atoms with E-state index in [-0.39, 0.29) is 11.5 Å². The number of phenolic OH excluding ortho intramolecular Hbond substituents is 1. The van der Waals surface area contributed by atoms with Crippen molar-refractivity contribution >= 4 is 17.4 Å². The Balaban J connectivity index is 1.67. The predicted octanol–water partition coefficient (Wildman–Crippen LogP) is 5.23. The van der Waals surface area contributed by atoms with Gasteiger partial charge < -0.3 is 14.8 Å². The summed E-state index contributed by atoms with van der Waals surface area (Å²) in [5.74, 6) is 1.17. The second-order valence-electron chi connectivity index (χ2n) is 7.16. The molecule has 4 nitrogen and oxygen atoms in total. The number of carbonyl (C=O) groups is 1. The number of benzene rings is 1. The van der Waals surface area contributed by atoms with Crippen LogP contribution in [-0.4, -0.2) is 22.5 Å². The zero-order valence-electron chi connectivity index (χ0n) is 15.9. The van der Waals surface area contributed by atoms with E-state index in [0.717, 1.165) is 57.8 Å². The molecule has 1 aromatic carbocycles. The third-order valence-electron chi connectivity index (χ3n) is 5.14. The highest BCUT2D eigenvalue weighted by Gasteiger charge is 2.21. The highest BCUT2D eigenvalue weighted by Crippen LogP contribution is 2.33. The number of Topliss-reactive ketones (excluding diaryl/α,β-unsaturated/α-hetero) is 1. The van der Waals surface area contributed by atoms with Gasteiger partial charge in [-0.15, -0.1) is 0 Å². The summed E-state index contributed by atoms with van der Waals surface area (Å²) in [5.41, 5.74) is 6.36. The maximum atomic E-state index is 12.2. The predicted molar refractivity (Wildman–Crippen MR) is 112 cm³/mol. The van der Waals surface area contributed by atoms with Crippen LogP contribution in [0.1, 0.15) is 47.1 Å². The monoisotopic (exact) mass is 373 g/mol. The van der Waals surface area contributed by atoms with Gasteiger partial charge in [-0.3, -0.25) is 4.79 Å². The zero-order valence-corrected chi connectivity index (χ0v) is 15.9. The number of aryl methyl sites for hydroxylation is 1. The largest absolute Gasteiger partial charge is 0.508 e. The molecule has 0 fully saturated rings. The number of hydrogen-bond donors (Lipinski definition) is 2. The minimum absolute atomic E-state index is 0.206. The van der Waals surface area contributed by atoms with Gasteiger partial charge in [0.2, 0.25) is 0 Å². The van der Waals surface area contributed by atoms with Crippen LogP contribution in [0.2, 0.25) is 0 Å². The molecule has 142 valence electrons. The summed E-state index contributed by atoms with van der Waals surface area (Å²) in [7, 11) is 0. The first-order chi connectivity index (χ1) is 13.5. The SMILES string of the molecule is C=C(/C=C(\C=C/C)c1cc2c([nH]1)CCCC2=O)C1=Cc2cc(O)ccc2OC1. The Morgan fingerprint density at radius 1 is 1.29 bits per heavy atom. The average molecular weight is 373 g/mol. The molecule has 28 heavy (non-hydrogen) atoms. The number of rotatable bonds is 4. The number of ketones is 1. The van der Waals surface area contributed by atoms with Crippen molar-refractivity contribution in [3.63, 3.8) is 0 Å². The molecule has 2 aliphatic rings. The minimum Gasteiger partial charge on any atom is -0.508 e. The van der Waals surface area contributed by atoms with E-state index < -0.39 is 0 Å². The van der Waals surface area contributed by atoms with Gasteiger partial charge in [0, 0.05) is 28.9 Å². The molecule has 1 aliphatic heterocycles. The number of ether oxygens (including phenoxy) is 1. The second-order valence-corrected chi connectivity index (χ2v) is 7.16. The maximum Gasteiger partial charge on any atom is 0.164 e. The molecule has 1 aliphatic carbocycles. The lowest BCUT2D eigenvalue weighted by Crippen LogP contribution is -2.08. The summed E-state index contributed by atoms with van der Waals surface area (Å²) in [6.07, 6.45) is 10.4. The van der Waals surface area contributed by atoms with Gasteiger partial charge >= 0.3 is 0 Å². The summed E-state index contributed by atoms with van der Waals surface area (Å²) >= 11 is 0. The lowest BCUT2D eigenvalue weighted by Gasteiger charge is -2.18. The average Bonchev–Trinajstić information content (AvgIpc) is 3.12. The molecule has 2 aromatic rings. The molecule has 0 atom stereocenters. The summed E-state index contributed by atoms with van der Waals surface area (Å²) in [5, 5.41) is 9.72. The van der Waals surface area contributed by atoms with Crippen LogP contribution in [0.5, 0.6) is 11.5 Å². The van der Waals surface area contributed by atoms with Gasteiger partial charge in [-0.25, -0.2) is 0 Å². The topological polar surface area (TPSA) is 62.3 Å². The Morgan fingerprint density at radius 3 is 2.93 bits per heavy atom. The fourth-order valence-corrected chi connectivity index (χ4v) is 3.69. The minimum atomic E-state index is 0.206. The zero-order chi connectivity index (χ0) is 19.7. The maximum absolute atomic E-state index is 12.2. The molecule has 0 bridgehead atoms. The molecule has 0 unspecified atom stereocenters. The van der Waals surface area contributed by atoms with Gasteiger partial charge in [0.1, 0.15) is 18.1 Å². The number of phenols is 1. The van der Waals surface area contributed by atoms with E-state index >= 15 is 0 Å². The number of H-pyrrole nitrogens is 1. The smallest absolute Gasteiger partial charge is 0.164 e. The Morgan fingerprint density at radius 2 is 2.14 bits per heavy atom. The van der Waals surface area contributed by atoms with Crippen molar-refractivity contribution in [2.75, 3.05) is 6.61 Å². The molecule has 2 N–H and O–H groups in total. The van der Waals surface area contributed by atoms with E-state index in [0.29, 0.717) is 13.0 Å². The molecule has 0 radical (unpaired) electrons. The molecule has 2 heterocycles. The van der Waals surface area contributed by atoms with Crippen LogP contribution in [0.25, 0.3) is 11.6 Å². The first-order valence-electron chi connectivity index (χ1n) is 9.50. The summed E-state index contributed by atoms with van der Waals surface area (Å²) in [6.45, 7) is 6.61. The molecule has 1 aromatic heterocycles. The Labute approximate surface area is 164 Å². The fraction of sp³-hybridized carbons (Fsp3) is 0.208. The first-order valence-corrected chi connectivity index (χ1v) is 9.50. The van der Waals surface area contributed by atoms with Crippen molar-refractivity contribution in [1.29, 1.82) is 0 Å². The highest BCUT2D eigenvalue weighted by molar-refractivity contribution is 5.99. The van der Waals surface area contributed by atoms with Gasteiger partial charge in [-0.2, -0.15) is 0 Å². The van der Waals surface area contributed by atoms with Crippen molar-refractivity contribution < 1.29 is 14.6 Å². The summed E-state index contributed by atoms with van der Waals surface area (Å²) in [6, 6.07) is 7.02. The van der Waals surface area contributed by atoms with E-state index in [1.807, 2.05) is 37.3 Å². The third kappa shape index (κ3) is 3.46. The van der Waals surface area contributed by atoms with E-state index in [1.165, 1.54) is 0 Å². The molecular formula is C24H23NO3. The Hall–Kier alpha value is -3.27. The van der Waals surface area contributed by atoms with Crippen molar-refractivity contribution in [1.82, 2.24) is 4.98 Å². The number of allylic oxidation sites excluding steroid dienone is 4. The Kier molecular flexibility index (Phi) is 4.78. The van der Waals surface area contributed by atoms with Crippen LogP contribution in [0.4, 0.5) is 0 Å². The standard InChI is InChI=1S/C24H23NO3/c1-3-5-16(22-13-20-21(25-22)6-4-7-23(20)27)10-15(2)18-11-17-12-19(26)8-9-24(17)28-14-18/h3,5,8-13,25-26H,2,4,6-7,14H2,1H3/b5-3-,16-10+. The number of aromatic nitrogens is 1. The summed E-state index contributed by atoms with van der Waals surface area (Å²) in [4.78, 5) is 15.6. The van der Waals surface area contributed by atoms with Crippen molar-refractivity contribution in [3.05, 3.63) is 82.7 Å². The van der Waals surface area contributed by atoms with Crippen LogP contribution in [0.3, 0.4) is 0 Å². The molecule has 0 spiro atoms. The quantitative estimate of drug-likeness (QED) is 0.721. The molecular weight excluding hydrogens is 350 g/mol. The number of aromatic hydroxyl groups is 1. The molecule has 4 heteroatoms. The van der Waals surface area contributed by atoms with Gasteiger partial charge in [-0.05, 0) is 72.9 Å². The van der Waals surface area contributed by atoms with Crippen LogP contribution in [-0.2, 0) is 6.42 Å². The number of hydrogen-bond acceptors (Lipinski definition) is 3. The number of fused-ring (bicyclic) bond motifs is 2. The van der Waals surface area contributed by atoms with Crippen LogP contribution in [0.15, 0.2) is 60.2 Å². The molecule has 0 amide bonds. The van der Waals surface area contributed by atoms with Crippen molar-refractivity contribution in [3.8, 4) is 11.5 Å². The van der Waals surface area contributed by atoms with E-state index in [9.17, 15) is 9.90 Å². The number of carbonyl (C=O) groups excluding carboxylic acids is 1. The molecule has 4 rings (SSSR count). The molecule has 0 saturated heterocycles. The first kappa shape index (κ1) is 18.1. The lowest BCUT2D eigenvalue weighted by molar-refractivity contribution is 0.0972. The van der Waals surface area contributed by atoms with Crippen molar-refractivity contribution in [2.45, 2.75) is 26.2 Å². The number of aromatic amines is 1. The lowest BCUT2D eigenvalue weighted by atomic mass is 9.96. The van der Waals surface area contributed by atoms with Gasteiger partial charge in [0.25, 0.3) is 0 Å². The van der Waals surface area contributed by atoms with E-state index in [1.54, 1.807) is 18.2 Å². The number of nitrogens with one attached hydrogen (secondary N) is 1. The third-order valence-corrected chi connectivity index (χ3v) is 5.14. The highest BCUT2D eigenvalue weighted by atomic mass is 16.5. The van der Waals surface area contributed by atoms with E-state index in [2.05, 4.69) is 11.6 Å². The van der Waals surface area contributed by atoms with Gasteiger partial charge in [0.05, 0.1) is 0 Å². The fourth-order valence-electron chi connectivity index (χ4n) is 3.69. The van der Waals surface area contributed by atoms with Gasteiger partial charge in [-0.1, -0.05) is 18.7 Å². The second kappa shape index (κ2) is 7.39. The van der Waals surface area contributed by atoms with Crippen LogP contribution < -0.4 is 4.74 Å². The van der Waals surface area contributed by atoms with Gasteiger partial charge in [0.15, 0.2) is 5.78 Å². The normalized spacial score (nSPS) is 16.4. The van der Waals surface area contributed by atoms with Crippen molar-refractivity contribution in [2.24, 2.45) is 0 Å². The van der Waals surface area contributed by atoms with E-state index in [4.69, 9.17) is 4.74 Å².